The van der Waals surface area contributed by atoms with E-state index in [1.54, 1.807) is 0 Å². The zero-order valence-electron chi connectivity index (χ0n) is 10.5. The number of carbonyl (C=O) groups is 1. The second-order valence-electron chi connectivity index (χ2n) is 4.89. The molecule has 1 aromatic heterocycles. The molecule has 0 unspecified atom stereocenters. The number of anilines is 1. The van der Waals surface area contributed by atoms with Gasteiger partial charge in [-0.2, -0.15) is 0 Å². The number of aromatic nitrogens is 1. The van der Waals surface area contributed by atoms with E-state index in [0.29, 0.717) is 12.3 Å². The molecule has 0 aromatic carbocycles. The van der Waals surface area contributed by atoms with Crippen LogP contribution in [0.1, 0.15) is 24.8 Å². The number of nitrogens with two attached hydrogens (primary N) is 1. The normalized spacial score (nSPS) is 16.9. The maximum absolute atomic E-state index is 10.9. The van der Waals surface area contributed by atoms with Gasteiger partial charge >= 0.3 is 0 Å². The Bertz CT molecular complexity index is 442. The molecule has 98 valence electrons. The number of hydrogen-bond acceptors (Lipinski definition) is 3. The highest BCUT2D eigenvalue weighted by Gasteiger charge is 2.21. The molecule has 0 bridgehead atoms. The van der Waals surface area contributed by atoms with E-state index >= 15 is 0 Å². The van der Waals surface area contributed by atoms with Crippen molar-refractivity contribution in [2.75, 3.05) is 18.0 Å². The van der Waals surface area contributed by atoms with Crippen LogP contribution in [0.5, 0.6) is 0 Å². The lowest BCUT2D eigenvalue weighted by Crippen LogP contribution is -2.35. The van der Waals surface area contributed by atoms with Gasteiger partial charge in [0.2, 0.25) is 5.91 Å². The predicted molar refractivity (Wildman–Crippen MR) is 75.4 cm³/mol. The zero-order chi connectivity index (χ0) is 13.1. The van der Waals surface area contributed by atoms with Crippen LogP contribution >= 0.6 is 15.9 Å². The Hall–Kier alpha value is -1.10. The SMILES string of the molecule is Cc1cc(N2CCC(CC(N)=O)CC2)ncc1Br. The molecule has 1 fully saturated rings. The van der Waals surface area contributed by atoms with Crippen LogP contribution in [0.3, 0.4) is 0 Å². The fourth-order valence-electron chi connectivity index (χ4n) is 2.35. The van der Waals surface area contributed by atoms with Crippen molar-refractivity contribution in [3.8, 4) is 0 Å². The number of hydrogen-bond donors (Lipinski definition) is 1. The standard InChI is InChI=1S/C13H18BrN3O/c1-9-6-13(16-8-11(9)14)17-4-2-10(3-5-17)7-12(15)18/h6,8,10H,2-5,7H2,1H3,(H2,15,18). The minimum atomic E-state index is -0.189. The highest BCUT2D eigenvalue weighted by Crippen LogP contribution is 2.26. The summed E-state index contributed by atoms with van der Waals surface area (Å²) in [5, 5.41) is 0. The van der Waals surface area contributed by atoms with Crippen molar-refractivity contribution >= 4 is 27.7 Å². The summed E-state index contributed by atoms with van der Waals surface area (Å²) in [6, 6.07) is 2.10. The van der Waals surface area contributed by atoms with Gasteiger partial charge in [0, 0.05) is 30.2 Å². The van der Waals surface area contributed by atoms with Crippen LogP contribution in [0.2, 0.25) is 0 Å². The van der Waals surface area contributed by atoms with Crippen molar-refractivity contribution in [2.45, 2.75) is 26.2 Å². The van der Waals surface area contributed by atoms with Crippen molar-refractivity contribution < 1.29 is 4.79 Å². The second kappa shape index (κ2) is 5.69. The molecule has 5 heteroatoms. The number of nitrogens with zero attached hydrogens (tertiary/aromatic N) is 2. The van der Waals surface area contributed by atoms with Crippen LogP contribution < -0.4 is 10.6 Å². The second-order valence-corrected chi connectivity index (χ2v) is 5.75. The first kappa shape index (κ1) is 13.3. The quantitative estimate of drug-likeness (QED) is 0.931. The first-order chi connectivity index (χ1) is 8.56. The van der Waals surface area contributed by atoms with Crippen LogP contribution in [0, 0.1) is 12.8 Å². The fourth-order valence-corrected chi connectivity index (χ4v) is 2.56. The molecule has 0 radical (unpaired) electrons. The summed E-state index contributed by atoms with van der Waals surface area (Å²) in [6.07, 6.45) is 4.39. The largest absolute Gasteiger partial charge is 0.370 e. The lowest BCUT2D eigenvalue weighted by molar-refractivity contribution is -0.119. The number of primary amides is 1. The van der Waals surface area contributed by atoms with Crippen molar-refractivity contribution in [3.63, 3.8) is 0 Å². The van der Waals surface area contributed by atoms with Gasteiger partial charge in [0.1, 0.15) is 5.82 Å². The molecule has 1 aromatic rings. The Balaban J connectivity index is 1.96. The third-order valence-electron chi connectivity index (χ3n) is 3.46. The Kier molecular flexibility index (Phi) is 4.22. The van der Waals surface area contributed by atoms with Crippen LogP contribution in [0.4, 0.5) is 5.82 Å². The van der Waals surface area contributed by atoms with Gasteiger partial charge in [-0.1, -0.05) is 0 Å². The Morgan fingerprint density at radius 1 is 1.56 bits per heavy atom. The van der Waals surface area contributed by atoms with E-state index in [1.807, 2.05) is 6.20 Å². The molecule has 0 spiro atoms. The third kappa shape index (κ3) is 3.22. The van der Waals surface area contributed by atoms with Gasteiger partial charge in [0.15, 0.2) is 0 Å². The van der Waals surface area contributed by atoms with Crippen molar-refractivity contribution in [1.29, 1.82) is 0 Å². The molecule has 2 heterocycles. The Labute approximate surface area is 116 Å². The summed E-state index contributed by atoms with van der Waals surface area (Å²) in [6.45, 7) is 3.97. The third-order valence-corrected chi connectivity index (χ3v) is 4.29. The average molecular weight is 312 g/mol. The highest BCUT2D eigenvalue weighted by atomic mass is 79.9. The first-order valence-corrected chi connectivity index (χ1v) is 7.01. The number of aryl methyl sites for hydroxylation is 1. The van der Waals surface area contributed by atoms with Gasteiger partial charge in [-0.3, -0.25) is 4.79 Å². The topological polar surface area (TPSA) is 59.2 Å². The molecule has 1 saturated heterocycles. The molecule has 18 heavy (non-hydrogen) atoms. The van der Waals surface area contributed by atoms with Crippen LogP contribution in [-0.4, -0.2) is 24.0 Å². The minimum Gasteiger partial charge on any atom is -0.370 e. The van der Waals surface area contributed by atoms with Gasteiger partial charge in [0.25, 0.3) is 0 Å². The maximum atomic E-state index is 10.9. The molecule has 2 N–H and O–H groups in total. The Morgan fingerprint density at radius 3 is 2.78 bits per heavy atom. The fraction of sp³-hybridized carbons (Fsp3) is 0.538. The zero-order valence-corrected chi connectivity index (χ0v) is 12.1. The number of pyridine rings is 1. The molecule has 0 atom stereocenters. The van der Waals surface area contributed by atoms with Gasteiger partial charge in [-0.15, -0.1) is 0 Å². The summed E-state index contributed by atoms with van der Waals surface area (Å²) >= 11 is 3.46. The van der Waals surface area contributed by atoms with Crippen LogP contribution in [0.25, 0.3) is 0 Å². The Morgan fingerprint density at radius 2 is 2.22 bits per heavy atom. The van der Waals surface area contributed by atoms with E-state index in [4.69, 9.17) is 5.73 Å². The van der Waals surface area contributed by atoms with Crippen molar-refractivity contribution in [2.24, 2.45) is 11.7 Å². The smallest absolute Gasteiger partial charge is 0.217 e. The molecule has 0 aliphatic carbocycles. The predicted octanol–water partition coefficient (Wildman–Crippen LogP) is 2.24. The molecular weight excluding hydrogens is 294 g/mol. The highest BCUT2D eigenvalue weighted by molar-refractivity contribution is 9.10. The first-order valence-electron chi connectivity index (χ1n) is 6.21. The number of carbonyl (C=O) groups excluding carboxylic acids is 1. The number of piperidine rings is 1. The molecule has 1 aliphatic rings. The number of rotatable bonds is 3. The summed E-state index contributed by atoms with van der Waals surface area (Å²) in [5.74, 6) is 1.27. The summed E-state index contributed by atoms with van der Waals surface area (Å²) in [7, 11) is 0. The summed E-state index contributed by atoms with van der Waals surface area (Å²) in [4.78, 5) is 17.6. The van der Waals surface area contributed by atoms with Gasteiger partial charge in [0.05, 0.1) is 0 Å². The van der Waals surface area contributed by atoms with E-state index in [-0.39, 0.29) is 5.91 Å². The van der Waals surface area contributed by atoms with Gasteiger partial charge in [-0.25, -0.2) is 4.98 Å². The molecule has 2 rings (SSSR count). The van der Waals surface area contributed by atoms with Crippen LogP contribution in [-0.2, 0) is 4.79 Å². The lowest BCUT2D eigenvalue weighted by atomic mass is 9.93. The average Bonchev–Trinajstić information content (AvgIpc) is 2.33. The van der Waals surface area contributed by atoms with E-state index in [0.717, 1.165) is 36.2 Å². The van der Waals surface area contributed by atoms with E-state index in [1.165, 1.54) is 5.56 Å². The lowest BCUT2D eigenvalue weighted by Gasteiger charge is -2.32. The van der Waals surface area contributed by atoms with Gasteiger partial charge < -0.3 is 10.6 Å². The summed E-state index contributed by atoms with van der Waals surface area (Å²) < 4.78 is 1.04. The molecule has 1 aliphatic heterocycles. The molecule has 0 saturated carbocycles. The van der Waals surface area contributed by atoms with Crippen molar-refractivity contribution in [1.82, 2.24) is 4.98 Å². The van der Waals surface area contributed by atoms with E-state index < -0.39 is 0 Å². The number of amides is 1. The van der Waals surface area contributed by atoms with E-state index in [2.05, 4.69) is 38.8 Å². The molecule has 4 nitrogen and oxygen atoms in total. The number of halogens is 1. The molecule has 1 amide bonds. The monoisotopic (exact) mass is 311 g/mol. The van der Waals surface area contributed by atoms with E-state index in [9.17, 15) is 4.79 Å². The van der Waals surface area contributed by atoms with Crippen LogP contribution in [0.15, 0.2) is 16.7 Å². The maximum Gasteiger partial charge on any atom is 0.217 e. The summed E-state index contributed by atoms with van der Waals surface area (Å²) in [5.41, 5.74) is 6.43. The minimum absolute atomic E-state index is 0.189. The molecular formula is C13H18BrN3O. The van der Waals surface area contributed by atoms with Crippen molar-refractivity contribution in [3.05, 3.63) is 22.3 Å². The van der Waals surface area contributed by atoms with Gasteiger partial charge in [-0.05, 0) is 53.2 Å².